The zero-order valence-electron chi connectivity index (χ0n) is 6.53. The van der Waals surface area contributed by atoms with Gasteiger partial charge in [0.1, 0.15) is 0 Å². The Morgan fingerprint density at radius 1 is 1.50 bits per heavy atom. The Balaban J connectivity index is 2.38. The molecule has 0 saturated carbocycles. The van der Waals surface area contributed by atoms with Crippen LogP contribution in [0.15, 0.2) is 35.8 Å². The van der Waals surface area contributed by atoms with Crippen molar-refractivity contribution in [3.63, 3.8) is 0 Å². The van der Waals surface area contributed by atoms with E-state index in [9.17, 15) is 0 Å². The SMILES string of the molecule is C=C(CCl)CSc1ncccn1. The molecule has 1 heterocycles. The van der Waals surface area contributed by atoms with Crippen LogP contribution in [0.25, 0.3) is 0 Å². The lowest BCUT2D eigenvalue weighted by Gasteiger charge is -1.98. The van der Waals surface area contributed by atoms with E-state index in [2.05, 4.69) is 16.5 Å². The Labute approximate surface area is 81.1 Å². The molecule has 0 fully saturated rings. The average Bonchev–Trinajstić information content (AvgIpc) is 2.16. The van der Waals surface area contributed by atoms with Crippen LogP contribution in [0, 0.1) is 0 Å². The van der Waals surface area contributed by atoms with Gasteiger partial charge in [-0.25, -0.2) is 9.97 Å². The summed E-state index contributed by atoms with van der Waals surface area (Å²) in [6, 6.07) is 1.79. The number of thioether (sulfide) groups is 1. The Kier molecular flexibility index (Phi) is 4.11. The first-order valence-corrected chi connectivity index (χ1v) is 4.97. The topological polar surface area (TPSA) is 25.8 Å². The minimum atomic E-state index is 0.500. The van der Waals surface area contributed by atoms with E-state index >= 15 is 0 Å². The third-order valence-electron chi connectivity index (χ3n) is 1.14. The third kappa shape index (κ3) is 3.24. The number of halogens is 1. The van der Waals surface area contributed by atoms with Gasteiger partial charge in [0.05, 0.1) is 0 Å². The number of hydrogen-bond donors (Lipinski definition) is 0. The molecule has 4 heteroatoms. The van der Waals surface area contributed by atoms with Gasteiger partial charge in [-0.1, -0.05) is 23.9 Å². The molecule has 1 aromatic rings. The van der Waals surface area contributed by atoms with Crippen molar-refractivity contribution in [2.75, 3.05) is 11.6 Å². The predicted octanol–water partition coefficient (Wildman–Crippen LogP) is 2.36. The van der Waals surface area contributed by atoms with Gasteiger partial charge in [0.2, 0.25) is 0 Å². The van der Waals surface area contributed by atoms with Crippen molar-refractivity contribution in [1.29, 1.82) is 0 Å². The van der Waals surface area contributed by atoms with Crippen LogP contribution < -0.4 is 0 Å². The van der Waals surface area contributed by atoms with E-state index < -0.39 is 0 Å². The second-order valence-corrected chi connectivity index (χ2v) is 3.41. The van der Waals surface area contributed by atoms with Crippen molar-refractivity contribution in [2.45, 2.75) is 5.16 Å². The summed E-state index contributed by atoms with van der Waals surface area (Å²) in [6.45, 7) is 3.78. The first-order valence-electron chi connectivity index (χ1n) is 3.45. The molecule has 0 aromatic carbocycles. The summed E-state index contributed by atoms with van der Waals surface area (Å²) in [5, 5.41) is 0.767. The summed E-state index contributed by atoms with van der Waals surface area (Å²) in [5.74, 6) is 1.29. The molecule has 0 aliphatic rings. The van der Waals surface area contributed by atoms with Crippen LogP contribution in [-0.2, 0) is 0 Å². The van der Waals surface area contributed by atoms with Crippen LogP contribution in [0.5, 0.6) is 0 Å². The summed E-state index contributed by atoms with van der Waals surface area (Å²) in [4.78, 5) is 8.11. The van der Waals surface area contributed by atoms with Crippen molar-refractivity contribution in [2.24, 2.45) is 0 Å². The van der Waals surface area contributed by atoms with E-state index in [4.69, 9.17) is 11.6 Å². The molecule has 0 amide bonds. The molecule has 12 heavy (non-hydrogen) atoms. The monoisotopic (exact) mass is 200 g/mol. The second-order valence-electron chi connectivity index (χ2n) is 2.20. The summed E-state index contributed by atoms with van der Waals surface area (Å²) >= 11 is 7.11. The minimum absolute atomic E-state index is 0.500. The van der Waals surface area contributed by atoms with Gasteiger partial charge >= 0.3 is 0 Å². The molecule has 1 aromatic heterocycles. The molecule has 0 aliphatic heterocycles. The summed E-state index contributed by atoms with van der Waals surface area (Å²) in [6.07, 6.45) is 3.44. The smallest absolute Gasteiger partial charge is 0.187 e. The van der Waals surface area contributed by atoms with Crippen molar-refractivity contribution >= 4 is 23.4 Å². The Bertz CT molecular complexity index is 250. The molecule has 1 rings (SSSR count). The van der Waals surface area contributed by atoms with Gasteiger partial charge in [-0.05, 0) is 6.07 Å². The Morgan fingerprint density at radius 2 is 2.17 bits per heavy atom. The molecule has 2 nitrogen and oxygen atoms in total. The van der Waals surface area contributed by atoms with Crippen LogP contribution in [0.1, 0.15) is 0 Å². The molecule has 0 atom stereocenters. The molecule has 64 valence electrons. The van der Waals surface area contributed by atoms with Gasteiger partial charge in [-0.2, -0.15) is 0 Å². The zero-order chi connectivity index (χ0) is 8.81. The van der Waals surface area contributed by atoms with Crippen LogP contribution >= 0.6 is 23.4 Å². The molecular formula is C8H9ClN2S. The minimum Gasteiger partial charge on any atom is -0.231 e. The highest BCUT2D eigenvalue weighted by Crippen LogP contribution is 2.14. The summed E-state index contributed by atoms with van der Waals surface area (Å²) in [7, 11) is 0. The Morgan fingerprint density at radius 3 is 2.75 bits per heavy atom. The quantitative estimate of drug-likeness (QED) is 0.323. The predicted molar refractivity (Wildman–Crippen MR) is 52.6 cm³/mol. The van der Waals surface area contributed by atoms with Gasteiger partial charge in [0.15, 0.2) is 5.16 Å². The maximum absolute atomic E-state index is 5.56. The van der Waals surface area contributed by atoms with Crippen molar-refractivity contribution < 1.29 is 0 Å². The van der Waals surface area contributed by atoms with Crippen molar-refractivity contribution in [3.05, 3.63) is 30.6 Å². The summed E-state index contributed by atoms with van der Waals surface area (Å²) < 4.78 is 0. The summed E-state index contributed by atoms with van der Waals surface area (Å²) in [5.41, 5.74) is 0.995. The molecule has 0 aliphatic carbocycles. The molecule has 0 saturated heterocycles. The normalized spacial score (nSPS) is 9.75. The van der Waals surface area contributed by atoms with Crippen LogP contribution in [-0.4, -0.2) is 21.6 Å². The lowest BCUT2D eigenvalue weighted by atomic mass is 10.4. The Hall–Kier alpha value is -0.540. The third-order valence-corrected chi connectivity index (χ3v) is 2.54. The highest BCUT2D eigenvalue weighted by Gasteiger charge is 1.96. The van der Waals surface area contributed by atoms with Gasteiger partial charge in [0.25, 0.3) is 0 Å². The number of nitrogens with zero attached hydrogens (tertiary/aromatic N) is 2. The first-order chi connectivity index (χ1) is 5.83. The molecular weight excluding hydrogens is 192 g/mol. The van der Waals surface area contributed by atoms with Crippen LogP contribution in [0.4, 0.5) is 0 Å². The maximum Gasteiger partial charge on any atom is 0.187 e. The number of hydrogen-bond acceptors (Lipinski definition) is 3. The number of rotatable bonds is 4. The van der Waals surface area contributed by atoms with Gasteiger partial charge in [0, 0.05) is 24.0 Å². The van der Waals surface area contributed by atoms with E-state index in [1.54, 1.807) is 30.2 Å². The van der Waals surface area contributed by atoms with Gasteiger partial charge in [-0.15, -0.1) is 11.6 Å². The van der Waals surface area contributed by atoms with Crippen molar-refractivity contribution in [3.8, 4) is 0 Å². The molecule has 0 bridgehead atoms. The van der Waals surface area contributed by atoms with Gasteiger partial charge in [-0.3, -0.25) is 0 Å². The maximum atomic E-state index is 5.56. The highest BCUT2D eigenvalue weighted by molar-refractivity contribution is 7.99. The fraction of sp³-hybridized carbons (Fsp3) is 0.250. The number of alkyl halides is 1. The van der Waals surface area contributed by atoms with Crippen molar-refractivity contribution in [1.82, 2.24) is 9.97 Å². The molecule has 0 unspecified atom stereocenters. The fourth-order valence-electron chi connectivity index (χ4n) is 0.565. The lowest BCUT2D eigenvalue weighted by Crippen LogP contribution is -1.89. The molecule has 0 radical (unpaired) electrons. The van der Waals surface area contributed by atoms with Crippen LogP contribution in [0.2, 0.25) is 0 Å². The largest absolute Gasteiger partial charge is 0.231 e. The first kappa shape index (κ1) is 9.55. The van der Waals surface area contributed by atoms with Gasteiger partial charge < -0.3 is 0 Å². The van der Waals surface area contributed by atoms with E-state index in [0.29, 0.717) is 5.88 Å². The zero-order valence-corrected chi connectivity index (χ0v) is 8.11. The molecule has 0 spiro atoms. The fourth-order valence-corrected chi connectivity index (χ4v) is 1.48. The lowest BCUT2D eigenvalue weighted by molar-refractivity contribution is 0.968. The van der Waals surface area contributed by atoms with E-state index in [0.717, 1.165) is 16.5 Å². The standard InChI is InChI=1S/C8H9ClN2S/c1-7(5-9)6-12-8-10-3-2-4-11-8/h2-4H,1,5-6H2. The van der Waals surface area contributed by atoms with E-state index in [1.165, 1.54) is 0 Å². The van der Waals surface area contributed by atoms with E-state index in [1.807, 2.05) is 0 Å². The molecule has 0 N–H and O–H groups in total. The highest BCUT2D eigenvalue weighted by atomic mass is 35.5. The van der Waals surface area contributed by atoms with E-state index in [-0.39, 0.29) is 0 Å². The van der Waals surface area contributed by atoms with Crippen LogP contribution in [0.3, 0.4) is 0 Å². The second kappa shape index (κ2) is 5.17. The number of aromatic nitrogens is 2. The average molecular weight is 201 g/mol.